The molecule has 6 nitrogen and oxygen atoms in total. The van der Waals surface area contributed by atoms with E-state index in [1.807, 2.05) is 24.4 Å². The molecule has 0 aliphatic carbocycles. The fourth-order valence-corrected chi connectivity index (χ4v) is 5.03. The van der Waals surface area contributed by atoms with Gasteiger partial charge in [-0.1, -0.05) is 13.3 Å². The lowest BCUT2D eigenvalue weighted by molar-refractivity contribution is 0.0942. The van der Waals surface area contributed by atoms with Crippen LogP contribution in [0, 0.1) is 0 Å². The Balaban J connectivity index is 1.56. The molecule has 1 unspecified atom stereocenters. The second-order valence-electron chi connectivity index (χ2n) is 7.51. The number of amides is 1. The van der Waals surface area contributed by atoms with Crippen LogP contribution in [0.5, 0.6) is 0 Å². The fraction of sp³-hybridized carbons (Fsp3) is 0.409. The highest BCUT2D eigenvalue weighted by molar-refractivity contribution is 7.14. The average molecular weight is 410 g/mol. The number of hydrogen-bond donors (Lipinski definition) is 2. The van der Waals surface area contributed by atoms with Crippen molar-refractivity contribution < 1.29 is 4.79 Å². The molecule has 29 heavy (non-hydrogen) atoms. The van der Waals surface area contributed by atoms with Crippen molar-refractivity contribution in [3.05, 3.63) is 57.7 Å². The quantitative estimate of drug-likeness (QED) is 0.627. The van der Waals surface area contributed by atoms with Crippen LogP contribution in [0.2, 0.25) is 0 Å². The molecule has 7 heteroatoms. The van der Waals surface area contributed by atoms with E-state index in [4.69, 9.17) is 5.73 Å². The van der Waals surface area contributed by atoms with Gasteiger partial charge >= 0.3 is 0 Å². The van der Waals surface area contributed by atoms with Gasteiger partial charge in [0.25, 0.3) is 5.91 Å². The van der Waals surface area contributed by atoms with Crippen LogP contribution in [0.1, 0.15) is 45.4 Å². The normalized spacial score (nSPS) is 14.0. The van der Waals surface area contributed by atoms with E-state index in [0.29, 0.717) is 13.0 Å². The Kier molecular flexibility index (Phi) is 6.06. The van der Waals surface area contributed by atoms with E-state index in [1.165, 1.54) is 21.7 Å². The topological polar surface area (TPSA) is 85.8 Å². The van der Waals surface area contributed by atoms with E-state index in [2.05, 4.69) is 27.0 Å². The third-order valence-electron chi connectivity index (χ3n) is 5.35. The first-order valence-corrected chi connectivity index (χ1v) is 11.1. The number of carbonyl (C=O) groups is 1. The number of nitrogens with two attached hydrogens (primary N) is 1. The summed E-state index contributed by atoms with van der Waals surface area (Å²) in [6.07, 6.45) is 10.3. The predicted octanol–water partition coefficient (Wildman–Crippen LogP) is 3.21. The Morgan fingerprint density at radius 3 is 2.97 bits per heavy atom. The molecular formula is C22H27N5OS. The van der Waals surface area contributed by atoms with Crippen LogP contribution in [0.25, 0.3) is 11.3 Å². The van der Waals surface area contributed by atoms with Crippen LogP contribution in [0.15, 0.2) is 36.8 Å². The number of aryl methyl sites for hydroxylation is 3. The van der Waals surface area contributed by atoms with Crippen LogP contribution in [0.4, 0.5) is 0 Å². The Morgan fingerprint density at radius 1 is 1.38 bits per heavy atom. The molecule has 0 radical (unpaired) electrons. The minimum Gasteiger partial charge on any atom is -0.347 e. The minimum absolute atomic E-state index is 0.0457. The molecule has 1 aliphatic rings. The number of aromatic nitrogens is 3. The van der Waals surface area contributed by atoms with E-state index in [0.717, 1.165) is 42.7 Å². The van der Waals surface area contributed by atoms with Gasteiger partial charge in [0.05, 0.1) is 16.8 Å². The number of rotatable bonds is 7. The SMILES string of the molecule is CCCc1cnn2c1-c1cc(C(=O)NC(CN)Cc3ccncc3)sc1CCC2. The molecule has 1 aliphatic heterocycles. The molecule has 0 fully saturated rings. The van der Waals surface area contributed by atoms with Gasteiger partial charge in [-0.2, -0.15) is 5.10 Å². The molecule has 3 aromatic heterocycles. The molecule has 1 atom stereocenters. The van der Waals surface area contributed by atoms with E-state index >= 15 is 0 Å². The van der Waals surface area contributed by atoms with Gasteiger partial charge in [-0.15, -0.1) is 11.3 Å². The van der Waals surface area contributed by atoms with Crippen molar-refractivity contribution in [3.63, 3.8) is 0 Å². The van der Waals surface area contributed by atoms with Gasteiger partial charge in [0.1, 0.15) is 0 Å². The molecule has 3 N–H and O–H groups in total. The average Bonchev–Trinajstić information content (AvgIpc) is 3.28. The summed E-state index contributed by atoms with van der Waals surface area (Å²) in [6, 6.07) is 5.86. The van der Waals surface area contributed by atoms with Crippen LogP contribution >= 0.6 is 11.3 Å². The molecule has 0 spiro atoms. The molecule has 0 bridgehead atoms. The molecule has 4 rings (SSSR count). The third kappa shape index (κ3) is 4.26. The summed E-state index contributed by atoms with van der Waals surface area (Å²) in [7, 11) is 0. The number of pyridine rings is 1. The Morgan fingerprint density at radius 2 is 2.21 bits per heavy atom. The largest absolute Gasteiger partial charge is 0.347 e. The minimum atomic E-state index is -0.104. The number of nitrogens with zero attached hydrogens (tertiary/aromatic N) is 3. The van der Waals surface area contributed by atoms with Crippen LogP contribution in [-0.4, -0.2) is 33.3 Å². The number of hydrogen-bond acceptors (Lipinski definition) is 5. The van der Waals surface area contributed by atoms with E-state index in [-0.39, 0.29) is 11.9 Å². The summed E-state index contributed by atoms with van der Waals surface area (Å²) in [6.45, 7) is 3.51. The van der Waals surface area contributed by atoms with Gasteiger partial charge in [-0.05, 0) is 55.0 Å². The predicted molar refractivity (Wildman–Crippen MR) is 116 cm³/mol. The Hall–Kier alpha value is -2.51. The highest BCUT2D eigenvalue weighted by Gasteiger charge is 2.24. The third-order valence-corrected chi connectivity index (χ3v) is 6.54. The smallest absolute Gasteiger partial charge is 0.261 e. The second kappa shape index (κ2) is 8.88. The number of nitrogens with one attached hydrogen (secondary N) is 1. The zero-order valence-corrected chi connectivity index (χ0v) is 17.5. The summed E-state index contributed by atoms with van der Waals surface area (Å²) in [5.41, 5.74) is 10.7. The number of fused-ring (bicyclic) bond motifs is 3. The van der Waals surface area contributed by atoms with Gasteiger partial charge in [0, 0.05) is 42.0 Å². The summed E-state index contributed by atoms with van der Waals surface area (Å²) < 4.78 is 2.11. The van der Waals surface area contributed by atoms with Gasteiger partial charge in [-0.3, -0.25) is 14.5 Å². The molecular weight excluding hydrogens is 382 g/mol. The van der Waals surface area contributed by atoms with Crippen molar-refractivity contribution in [2.75, 3.05) is 6.54 Å². The van der Waals surface area contributed by atoms with Gasteiger partial charge < -0.3 is 11.1 Å². The van der Waals surface area contributed by atoms with Crippen molar-refractivity contribution in [2.45, 2.75) is 51.6 Å². The second-order valence-corrected chi connectivity index (χ2v) is 8.65. The highest BCUT2D eigenvalue weighted by atomic mass is 32.1. The summed E-state index contributed by atoms with van der Waals surface area (Å²) in [5.74, 6) is -0.0457. The first-order chi connectivity index (χ1) is 14.2. The lowest BCUT2D eigenvalue weighted by Crippen LogP contribution is -2.41. The molecule has 0 saturated carbocycles. The zero-order valence-electron chi connectivity index (χ0n) is 16.7. The summed E-state index contributed by atoms with van der Waals surface area (Å²) in [4.78, 5) is 19.1. The summed E-state index contributed by atoms with van der Waals surface area (Å²) in [5, 5.41) is 7.71. The molecule has 4 heterocycles. The molecule has 0 aromatic carbocycles. The standard InChI is InChI=1S/C22H27N5OS/c1-2-4-16-14-25-27-10-3-5-19-18(21(16)27)12-20(29-19)22(28)26-17(13-23)11-15-6-8-24-9-7-15/h6-9,12,14,17H,2-5,10-11,13,23H2,1H3,(H,26,28). The Labute approximate surface area is 175 Å². The van der Waals surface area contributed by atoms with Crippen molar-refractivity contribution in [1.29, 1.82) is 0 Å². The van der Waals surface area contributed by atoms with Crippen LogP contribution in [-0.2, 0) is 25.8 Å². The number of carbonyl (C=O) groups excluding carboxylic acids is 1. The van der Waals surface area contributed by atoms with Gasteiger partial charge in [-0.25, -0.2) is 0 Å². The fourth-order valence-electron chi connectivity index (χ4n) is 3.93. The Bertz CT molecular complexity index is 979. The maximum atomic E-state index is 13.0. The van der Waals surface area contributed by atoms with Crippen molar-refractivity contribution >= 4 is 17.2 Å². The number of thiophene rings is 1. The highest BCUT2D eigenvalue weighted by Crippen LogP contribution is 2.37. The lowest BCUT2D eigenvalue weighted by Gasteiger charge is -2.16. The van der Waals surface area contributed by atoms with Crippen LogP contribution < -0.4 is 11.1 Å². The van der Waals surface area contributed by atoms with Crippen molar-refractivity contribution in [2.24, 2.45) is 5.73 Å². The monoisotopic (exact) mass is 409 g/mol. The van der Waals surface area contributed by atoms with Crippen molar-refractivity contribution in [3.8, 4) is 11.3 Å². The first-order valence-electron chi connectivity index (χ1n) is 10.3. The first kappa shape index (κ1) is 19.8. The molecule has 1 amide bonds. The molecule has 0 saturated heterocycles. The maximum absolute atomic E-state index is 13.0. The van der Waals surface area contributed by atoms with Gasteiger partial charge in [0.15, 0.2) is 0 Å². The summed E-state index contributed by atoms with van der Waals surface area (Å²) >= 11 is 1.61. The van der Waals surface area contributed by atoms with Gasteiger partial charge in [0.2, 0.25) is 0 Å². The van der Waals surface area contributed by atoms with E-state index < -0.39 is 0 Å². The van der Waals surface area contributed by atoms with E-state index in [1.54, 1.807) is 23.7 Å². The molecule has 152 valence electrons. The maximum Gasteiger partial charge on any atom is 0.261 e. The van der Waals surface area contributed by atoms with Crippen molar-refractivity contribution in [1.82, 2.24) is 20.1 Å². The zero-order chi connectivity index (χ0) is 20.2. The van der Waals surface area contributed by atoms with E-state index in [9.17, 15) is 4.79 Å². The molecule has 3 aromatic rings. The van der Waals surface area contributed by atoms with Crippen LogP contribution in [0.3, 0.4) is 0 Å². The lowest BCUT2D eigenvalue weighted by atomic mass is 10.0.